The molecule has 0 atom stereocenters. The molecule has 5 nitrogen and oxygen atoms in total. The summed E-state index contributed by atoms with van der Waals surface area (Å²) >= 11 is 0. The average Bonchev–Trinajstić information content (AvgIpc) is 2.28. The second kappa shape index (κ2) is 5.29. The highest BCUT2D eigenvalue weighted by Gasteiger charge is 2.22. The van der Waals surface area contributed by atoms with Crippen LogP contribution in [0.4, 0.5) is 4.39 Å². The summed E-state index contributed by atoms with van der Waals surface area (Å²) in [5.41, 5.74) is -0.702. The molecule has 1 N–H and O–H groups in total. The third kappa shape index (κ3) is 2.52. The van der Waals surface area contributed by atoms with Crippen LogP contribution in [0.25, 0.3) is 0 Å². The molecule has 0 aromatic heterocycles. The topological polar surface area (TPSA) is 72.8 Å². The van der Waals surface area contributed by atoms with Gasteiger partial charge in [-0.25, -0.2) is 14.0 Å². The Labute approximate surface area is 96.8 Å². The molecule has 1 aromatic carbocycles. The Balaban J connectivity index is 3.30. The van der Waals surface area contributed by atoms with Crippen molar-refractivity contribution in [2.75, 3.05) is 13.7 Å². The molecule has 0 unspecified atom stereocenters. The molecule has 0 aliphatic rings. The van der Waals surface area contributed by atoms with Crippen molar-refractivity contribution < 1.29 is 28.6 Å². The predicted octanol–water partition coefficient (Wildman–Crippen LogP) is 1.71. The fourth-order valence-corrected chi connectivity index (χ4v) is 1.29. The average molecular weight is 242 g/mol. The van der Waals surface area contributed by atoms with E-state index in [1.54, 1.807) is 6.92 Å². The van der Waals surface area contributed by atoms with Gasteiger partial charge in [0.05, 0.1) is 19.3 Å². The van der Waals surface area contributed by atoms with Crippen molar-refractivity contribution in [3.8, 4) is 5.75 Å². The molecular weight excluding hydrogens is 231 g/mol. The first-order chi connectivity index (χ1) is 8.02. The molecule has 0 bridgehead atoms. The van der Waals surface area contributed by atoms with Gasteiger partial charge >= 0.3 is 11.9 Å². The predicted molar refractivity (Wildman–Crippen MR) is 55.9 cm³/mol. The Morgan fingerprint density at radius 3 is 2.41 bits per heavy atom. The second-order valence-electron chi connectivity index (χ2n) is 3.03. The first kappa shape index (κ1) is 13.0. The molecule has 1 aromatic rings. The van der Waals surface area contributed by atoms with E-state index in [0.717, 1.165) is 19.2 Å². The van der Waals surface area contributed by atoms with Crippen LogP contribution >= 0.6 is 0 Å². The van der Waals surface area contributed by atoms with Gasteiger partial charge < -0.3 is 14.6 Å². The van der Waals surface area contributed by atoms with E-state index in [2.05, 4.69) is 0 Å². The summed E-state index contributed by atoms with van der Waals surface area (Å²) in [7, 11) is 1.15. The summed E-state index contributed by atoms with van der Waals surface area (Å²) in [6, 6.07) is 2.15. The zero-order valence-electron chi connectivity index (χ0n) is 9.32. The number of carboxylic acid groups (broad SMARTS) is 1. The fraction of sp³-hybridized carbons (Fsp3) is 0.273. The van der Waals surface area contributed by atoms with Crippen LogP contribution in [0.1, 0.15) is 27.6 Å². The minimum absolute atomic E-state index is 0.129. The molecule has 17 heavy (non-hydrogen) atoms. The maximum atomic E-state index is 13.7. The standard InChI is InChI=1S/C11H11FO5/c1-3-17-11(15)7-5-4-6(10(13)14)8(12)9(7)16-2/h4-5H,3H2,1-2H3,(H,13,14). The minimum atomic E-state index is -1.43. The number of hydrogen-bond donors (Lipinski definition) is 1. The molecule has 0 aliphatic carbocycles. The fourth-order valence-electron chi connectivity index (χ4n) is 1.29. The van der Waals surface area contributed by atoms with Gasteiger partial charge in [0.1, 0.15) is 5.56 Å². The molecule has 0 aliphatic heterocycles. The minimum Gasteiger partial charge on any atom is -0.493 e. The lowest BCUT2D eigenvalue weighted by atomic mass is 10.1. The van der Waals surface area contributed by atoms with E-state index >= 15 is 0 Å². The molecule has 1 rings (SSSR count). The Morgan fingerprint density at radius 1 is 1.35 bits per heavy atom. The van der Waals surface area contributed by atoms with Gasteiger partial charge in [-0.2, -0.15) is 0 Å². The molecule has 0 heterocycles. The monoisotopic (exact) mass is 242 g/mol. The van der Waals surface area contributed by atoms with Gasteiger partial charge in [0.25, 0.3) is 0 Å². The molecule has 0 radical (unpaired) electrons. The SMILES string of the molecule is CCOC(=O)c1ccc(C(=O)O)c(F)c1OC. The highest BCUT2D eigenvalue weighted by Crippen LogP contribution is 2.26. The third-order valence-electron chi connectivity index (χ3n) is 2.03. The van der Waals surface area contributed by atoms with Crippen LogP contribution in [-0.2, 0) is 4.74 Å². The van der Waals surface area contributed by atoms with E-state index < -0.39 is 29.1 Å². The number of esters is 1. The normalized spacial score (nSPS) is 9.82. The van der Waals surface area contributed by atoms with E-state index in [1.807, 2.05) is 0 Å². The van der Waals surface area contributed by atoms with Crippen molar-refractivity contribution in [3.05, 3.63) is 29.1 Å². The molecule has 6 heteroatoms. The number of benzene rings is 1. The number of halogens is 1. The van der Waals surface area contributed by atoms with E-state index in [1.165, 1.54) is 0 Å². The lowest BCUT2D eigenvalue weighted by Gasteiger charge is -2.10. The Kier molecular flexibility index (Phi) is 4.03. The first-order valence-corrected chi connectivity index (χ1v) is 4.79. The molecule has 0 fully saturated rings. The maximum absolute atomic E-state index is 13.7. The molecule has 0 saturated heterocycles. The van der Waals surface area contributed by atoms with Crippen molar-refractivity contribution in [1.29, 1.82) is 0 Å². The largest absolute Gasteiger partial charge is 0.493 e. The van der Waals surface area contributed by atoms with Gasteiger partial charge in [0.2, 0.25) is 0 Å². The van der Waals surface area contributed by atoms with Gasteiger partial charge in [-0.1, -0.05) is 0 Å². The number of hydrogen-bond acceptors (Lipinski definition) is 4. The maximum Gasteiger partial charge on any atom is 0.342 e. The number of carbonyl (C=O) groups excluding carboxylic acids is 1. The van der Waals surface area contributed by atoms with Crippen LogP contribution in [-0.4, -0.2) is 30.8 Å². The van der Waals surface area contributed by atoms with Gasteiger partial charge in [0, 0.05) is 0 Å². The van der Waals surface area contributed by atoms with Crippen LogP contribution in [0.3, 0.4) is 0 Å². The Hall–Kier alpha value is -2.11. The number of carboxylic acids is 1. The van der Waals surface area contributed by atoms with Gasteiger partial charge in [0.15, 0.2) is 11.6 Å². The summed E-state index contributed by atoms with van der Waals surface area (Å²) in [6.07, 6.45) is 0. The van der Waals surface area contributed by atoms with E-state index in [9.17, 15) is 14.0 Å². The first-order valence-electron chi connectivity index (χ1n) is 4.79. The van der Waals surface area contributed by atoms with Crippen LogP contribution in [0.5, 0.6) is 5.75 Å². The van der Waals surface area contributed by atoms with Crippen LogP contribution in [0.2, 0.25) is 0 Å². The molecule has 0 amide bonds. The zero-order chi connectivity index (χ0) is 13.0. The van der Waals surface area contributed by atoms with Gasteiger partial charge in [-0.05, 0) is 19.1 Å². The summed E-state index contributed by atoms with van der Waals surface area (Å²) in [5, 5.41) is 8.71. The third-order valence-corrected chi connectivity index (χ3v) is 2.03. The van der Waals surface area contributed by atoms with Crippen molar-refractivity contribution >= 4 is 11.9 Å². The van der Waals surface area contributed by atoms with E-state index in [4.69, 9.17) is 14.6 Å². The summed E-state index contributed by atoms with van der Waals surface area (Å²) in [4.78, 5) is 22.1. The molecular formula is C11H11FO5. The van der Waals surface area contributed by atoms with Gasteiger partial charge in [-0.15, -0.1) is 0 Å². The lowest BCUT2D eigenvalue weighted by Crippen LogP contribution is -2.10. The number of aromatic carboxylic acids is 1. The summed E-state index contributed by atoms with van der Waals surface area (Å²) in [5.74, 6) is -3.72. The summed E-state index contributed by atoms with van der Waals surface area (Å²) in [6.45, 7) is 1.73. The highest BCUT2D eigenvalue weighted by atomic mass is 19.1. The smallest absolute Gasteiger partial charge is 0.342 e. The van der Waals surface area contributed by atoms with Crippen LogP contribution in [0.15, 0.2) is 12.1 Å². The highest BCUT2D eigenvalue weighted by molar-refractivity contribution is 5.95. The number of methoxy groups -OCH3 is 1. The van der Waals surface area contributed by atoms with Crippen molar-refractivity contribution in [3.63, 3.8) is 0 Å². The van der Waals surface area contributed by atoms with Crippen molar-refractivity contribution in [2.24, 2.45) is 0 Å². The van der Waals surface area contributed by atoms with Crippen molar-refractivity contribution in [1.82, 2.24) is 0 Å². The number of rotatable bonds is 4. The van der Waals surface area contributed by atoms with E-state index in [0.29, 0.717) is 0 Å². The van der Waals surface area contributed by atoms with Crippen molar-refractivity contribution in [2.45, 2.75) is 6.92 Å². The number of carbonyl (C=O) groups is 2. The molecule has 0 spiro atoms. The summed E-state index contributed by atoms with van der Waals surface area (Å²) < 4.78 is 23.1. The van der Waals surface area contributed by atoms with Crippen LogP contribution < -0.4 is 4.74 Å². The Morgan fingerprint density at radius 2 is 1.94 bits per heavy atom. The Bertz CT molecular complexity index is 455. The number of ether oxygens (including phenoxy) is 2. The molecule has 0 saturated carbocycles. The second-order valence-corrected chi connectivity index (χ2v) is 3.03. The molecule has 92 valence electrons. The lowest BCUT2D eigenvalue weighted by molar-refractivity contribution is 0.0519. The zero-order valence-corrected chi connectivity index (χ0v) is 9.32. The van der Waals surface area contributed by atoms with E-state index in [-0.39, 0.29) is 12.2 Å². The quantitative estimate of drug-likeness (QED) is 0.813. The van der Waals surface area contributed by atoms with Crippen LogP contribution in [0, 0.1) is 5.82 Å². The van der Waals surface area contributed by atoms with Gasteiger partial charge in [-0.3, -0.25) is 0 Å².